The summed E-state index contributed by atoms with van der Waals surface area (Å²) in [5.74, 6) is 5.44. The van der Waals surface area contributed by atoms with E-state index in [4.69, 9.17) is 10.9 Å². The highest BCUT2D eigenvalue weighted by Gasteiger charge is 2.09. The van der Waals surface area contributed by atoms with Gasteiger partial charge in [0.1, 0.15) is 10.1 Å². The van der Waals surface area contributed by atoms with Crippen molar-refractivity contribution in [2.75, 3.05) is 12.4 Å². The molecule has 0 fully saturated rings. The van der Waals surface area contributed by atoms with E-state index < -0.39 is 10.1 Å². The summed E-state index contributed by atoms with van der Waals surface area (Å²) < 4.78 is 34.0. The Morgan fingerprint density at radius 3 is 2.18 bits per heavy atom. The highest BCUT2D eigenvalue weighted by Crippen LogP contribution is 2.20. The van der Waals surface area contributed by atoms with Gasteiger partial charge in [-0.1, -0.05) is 33.7 Å². The molecule has 0 atom stereocenters. The number of benzene rings is 1. The Hall–Kier alpha value is -1.48. The molecule has 0 aliphatic carbocycles. The molecule has 2 aromatic rings. The van der Waals surface area contributed by atoms with Crippen LogP contribution in [-0.2, 0) is 16.5 Å². The minimum absolute atomic E-state index is 0.0851. The number of hydrogen-bond acceptors (Lipinski definition) is 6. The van der Waals surface area contributed by atoms with Crippen LogP contribution in [0.4, 0.5) is 0 Å². The minimum Gasteiger partial charge on any atom is -0.744 e. The SMILES string of the molecule is Cc1cc(C)c(S(=O)(=O)[O-])c(C)c1.N[n+]1ccsc1CCO. The second kappa shape index (κ2) is 7.68. The number of thiazole rings is 1. The quantitative estimate of drug-likeness (QED) is 0.486. The predicted molar refractivity (Wildman–Crippen MR) is 84.1 cm³/mol. The molecule has 0 spiro atoms. The molecule has 0 aliphatic heterocycles. The fourth-order valence-electron chi connectivity index (χ4n) is 2.16. The Bertz CT molecular complexity index is 716. The number of nitrogens with zero attached hydrogens (tertiary/aromatic N) is 1. The van der Waals surface area contributed by atoms with Crippen molar-refractivity contribution in [3.63, 3.8) is 0 Å². The van der Waals surface area contributed by atoms with E-state index in [9.17, 15) is 13.0 Å². The van der Waals surface area contributed by atoms with Crippen LogP contribution in [0.3, 0.4) is 0 Å². The second-order valence-corrected chi connectivity index (χ2v) is 7.16. The number of aryl methyl sites for hydroxylation is 3. The van der Waals surface area contributed by atoms with Gasteiger partial charge < -0.3 is 9.66 Å². The molecule has 0 radical (unpaired) electrons. The molecule has 22 heavy (non-hydrogen) atoms. The zero-order valence-corrected chi connectivity index (χ0v) is 14.4. The van der Waals surface area contributed by atoms with Crippen LogP contribution in [0.15, 0.2) is 28.6 Å². The van der Waals surface area contributed by atoms with Crippen LogP contribution < -0.4 is 10.5 Å². The van der Waals surface area contributed by atoms with Crippen LogP contribution in [0, 0.1) is 20.8 Å². The smallest absolute Gasteiger partial charge is 0.268 e. The van der Waals surface area contributed by atoms with Gasteiger partial charge in [0.25, 0.3) is 5.01 Å². The number of aliphatic hydroxyl groups is 1. The first kappa shape index (κ1) is 18.6. The molecule has 1 aromatic carbocycles. The van der Waals surface area contributed by atoms with Gasteiger partial charge in [0, 0.05) is 0 Å². The Balaban J connectivity index is 0.000000235. The van der Waals surface area contributed by atoms with Crippen LogP contribution in [-0.4, -0.2) is 24.7 Å². The van der Waals surface area contributed by atoms with Crippen molar-refractivity contribution in [2.45, 2.75) is 32.1 Å². The lowest BCUT2D eigenvalue weighted by Crippen LogP contribution is -2.45. The lowest BCUT2D eigenvalue weighted by molar-refractivity contribution is -0.641. The molecular formula is C14H20N2O4S2. The molecule has 3 N–H and O–H groups in total. The molecule has 0 saturated carbocycles. The van der Waals surface area contributed by atoms with E-state index in [1.807, 2.05) is 12.3 Å². The number of aromatic nitrogens is 1. The van der Waals surface area contributed by atoms with Crippen molar-refractivity contribution in [1.82, 2.24) is 0 Å². The number of aliphatic hydroxyl groups excluding tert-OH is 1. The van der Waals surface area contributed by atoms with Crippen LogP contribution in [0.2, 0.25) is 0 Å². The summed E-state index contributed by atoms with van der Waals surface area (Å²) in [5.41, 5.74) is 2.00. The molecular weight excluding hydrogens is 324 g/mol. The summed E-state index contributed by atoms with van der Waals surface area (Å²) in [7, 11) is -4.33. The van der Waals surface area contributed by atoms with Crippen molar-refractivity contribution in [1.29, 1.82) is 0 Å². The molecule has 0 unspecified atom stereocenters. The maximum absolute atomic E-state index is 10.8. The van der Waals surface area contributed by atoms with Crippen molar-refractivity contribution in [3.05, 3.63) is 45.4 Å². The summed E-state index contributed by atoms with van der Waals surface area (Å²) >= 11 is 1.55. The van der Waals surface area contributed by atoms with Gasteiger partial charge in [-0.3, -0.25) is 0 Å². The summed E-state index contributed by atoms with van der Waals surface area (Å²) in [5, 5.41) is 11.4. The highest BCUT2D eigenvalue weighted by molar-refractivity contribution is 7.85. The van der Waals surface area contributed by atoms with Crippen molar-refractivity contribution >= 4 is 21.5 Å². The molecule has 6 nitrogen and oxygen atoms in total. The Labute approximate surface area is 134 Å². The Kier molecular flexibility index (Phi) is 6.48. The predicted octanol–water partition coefficient (Wildman–Crippen LogP) is 0.800. The van der Waals surface area contributed by atoms with Gasteiger partial charge in [0.05, 0.1) is 23.3 Å². The van der Waals surface area contributed by atoms with E-state index in [0.717, 1.165) is 10.6 Å². The van der Waals surface area contributed by atoms with Crippen LogP contribution >= 0.6 is 11.3 Å². The Morgan fingerprint density at radius 1 is 1.27 bits per heavy atom. The fourth-order valence-corrected chi connectivity index (χ4v) is 3.81. The van der Waals surface area contributed by atoms with Crippen molar-refractivity contribution in [3.8, 4) is 0 Å². The van der Waals surface area contributed by atoms with E-state index in [-0.39, 0.29) is 11.5 Å². The first-order valence-corrected chi connectivity index (χ1v) is 8.83. The molecule has 122 valence electrons. The third-order valence-electron chi connectivity index (χ3n) is 2.89. The van der Waals surface area contributed by atoms with Gasteiger partial charge in [0.2, 0.25) is 6.20 Å². The largest absolute Gasteiger partial charge is 0.744 e. The van der Waals surface area contributed by atoms with E-state index in [1.54, 1.807) is 43.5 Å². The number of hydrogen-bond donors (Lipinski definition) is 2. The lowest BCUT2D eigenvalue weighted by Gasteiger charge is -2.14. The van der Waals surface area contributed by atoms with E-state index >= 15 is 0 Å². The van der Waals surface area contributed by atoms with E-state index in [1.165, 1.54) is 4.68 Å². The average Bonchev–Trinajstić information content (AvgIpc) is 2.73. The average molecular weight is 344 g/mol. The first-order chi connectivity index (χ1) is 10.2. The summed E-state index contributed by atoms with van der Waals surface area (Å²) in [4.78, 5) is -0.0851. The first-order valence-electron chi connectivity index (χ1n) is 6.54. The number of rotatable bonds is 3. The van der Waals surface area contributed by atoms with Gasteiger partial charge in [-0.15, -0.1) is 0 Å². The third-order valence-corrected chi connectivity index (χ3v) is 4.98. The van der Waals surface area contributed by atoms with Crippen molar-refractivity contribution in [2.24, 2.45) is 0 Å². The summed E-state index contributed by atoms with van der Waals surface area (Å²) in [6, 6.07) is 3.38. The van der Waals surface area contributed by atoms with Crippen LogP contribution in [0.1, 0.15) is 21.7 Å². The zero-order valence-electron chi connectivity index (χ0n) is 12.7. The van der Waals surface area contributed by atoms with Gasteiger partial charge >= 0.3 is 0 Å². The van der Waals surface area contributed by atoms with Crippen molar-refractivity contribution < 1.29 is 22.8 Å². The second-order valence-electron chi connectivity index (χ2n) is 4.86. The minimum atomic E-state index is -4.33. The molecule has 1 aromatic heterocycles. The lowest BCUT2D eigenvalue weighted by atomic mass is 10.1. The molecule has 1 heterocycles. The van der Waals surface area contributed by atoms with E-state index in [2.05, 4.69) is 0 Å². The standard InChI is InChI=1S/C9H12O3S.C5H9N2OS/c1-6-4-7(2)9(8(3)5-6)13(10,11)12;6-7-2-4-9-5(7)1-3-8/h4-5H,1-3H3,(H,10,11,12);2,4,8H,1,3,6H2/q;+1/p-1. The topological polar surface area (TPSA) is 107 Å². The normalized spacial score (nSPS) is 11.0. The van der Waals surface area contributed by atoms with Gasteiger partial charge in [-0.05, 0) is 31.9 Å². The monoisotopic (exact) mass is 344 g/mol. The zero-order chi connectivity index (χ0) is 16.9. The van der Waals surface area contributed by atoms with Crippen LogP contribution in [0.5, 0.6) is 0 Å². The maximum Gasteiger partial charge on any atom is 0.268 e. The number of nitrogen functional groups attached to an aromatic ring is 1. The molecule has 0 amide bonds. The highest BCUT2D eigenvalue weighted by atomic mass is 32.2. The molecule has 0 saturated heterocycles. The van der Waals surface area contributed by atoms with Crippen LogP contribution in [0.25, 0.3) is 0 Å². The maximum atomic E-state index is 10.8. The third kappa shape index (κ3) is 5.06. The van der Waals surface area contributed by atoms with Gasteiger partial charge in [-0.2, -0.15) is 0 Å². The molecule has 0 bridgehead atoms. The summed E-state index contributed by atoms with van der Waals surface area (Å²) in [6.07, 6.45) is 2.42. The Morgan fingerprint density at radius 2 is 1.82 bits per heavy atom. The molecule has 2 rings (SSSR count). The molecule has 8 heteroatoms. The van der Waals surface area contributed by atoms with Gasteiger partial charge in [0.15, 0.2) is 0 Å². The van der Waals surface area contributed by atoms with Gasteiger partial charge in [-0.25, -0.2) is 14.3 Å². The van der Waals surface area contributed by atoms with E-state index in [0.29, 0.717) is 17.5 Å². The summed E-state index contributed by atoms with van der Waals surface area (Å²) in [6.45, 7) is 5.29. The number of nitrogens with two attached hydrogens (primary N) is 1. The molecule has 0 aliphatic rings. The fraction of sp³-hybridized carbons (Fsp3) is 0.357.